The van der Waals surface area contributed by atoms with Gasteiger partial charge in [0.2, 0.25) is 5.91 Å². The van der Waals surface area contributed by atoms with E-state index in [4.69, 9.17) is 14.7 Å². The number of hydrogen-bond donors (Lipinski definition) is 2. The number of aliphatic hydroxyl groups excluding tert-OH is 1. The third-order valence-corrected chi connectivity index (χ3v) is 10.2. The molecule has 2 aromatic heterocycles. The molecule has 0 spiro atoms. The fraction of sp³-hybridized carbons (Fsp3) is 0.500. The maximum Gasteiger partial charge on any atom is 0.236 e. The van der Waals surface area contributed by atoms with Gasteiger partial charge in [0.25, 0.3) is 0 Å². The molecule has 228 valence electrons. The summed E-state index contributed by atoms with van der Waals surface area (Å²) in [6.07, 6.45) is 1.15. The number of ether oxygens (including phenoxy) is 1. The van der Waals surface area contributed by atoms with Crippen LogP contribution in [-0.2, 0) is 16.0 Å². The zero-order chi connectivity index (χ0) is 30.2. The maximum atomic E-state index is 13.5. The zero-order valence-electron chi connectivity index (χ0n) is 24.2. The van der Waals surface area contributed by atoms with Crippen LogP contribution >= 0.6 is 23.1 Å². The number of β-amino-alcohol motifs (C(OH)–C–C–N with tert-alkyl or cyclic N) is 1. The molecule has 0 saturated carbocycles. The first-order valence-corrected chi connectivity index (χ1v) is 15.8. The van der Waals surface area contributed by atoms with Crippen LogP contribution in [0.4, 0.5) is 15.3 Å². The normalized spacial score (nSPS) is 20.3. The lowest BCUT2D eigenvalue weighted by Crippen LogP contribution is -2.56. The number of halogens is 1. The third kappa shape index (κ3) is 5.95. The van der Waals surface area contributed by atoms with E-state index in [-0.39, 0.29) is 23.3 Å². The number of aromatic nitrogens is 3. The smallest absolute Gasteiger partial charge is 0.236 e. The molecule has 2 unspecified atom stereocenters. The highest BCUT2D eigenvalue weighted by molar-refractivity contribution is 8.00. The van der Waals surface area contributed by atoms with Crippen molar-refractivity contribution >= 4 is 40.0 Å². The van der Waals surface area contributed by atoms with Crippen LogP contribution in [0.5, 0.6) is 0 Å². The van der Waals surface area contributed by atoms with E-state index in [2.05, 4.69) is 21.3 Å². The van der Waals surface area contributed by atoms with Crippen LogP contribution in [0.1, 0.15) is 17.0 Å². The summed E-state index contributed by atoms with van der Waals surface area (Å²) < 4.78 is 20.9. The minimum absolute atomic E-state index is 0.0357. The Bertz CT molecular complexity index is 1520. The van der Waals surface area contributed by atoms with E-state index < -0.39 is 6.10 Å². The largest absolute Gasteiger partial charge is 0.389 e. The molecule has 6 rings (SSSR count). The monoisotopic (exact) mass is 627 g/mol. The number of rotatable bonds is 10. The van der Waals surface area contributed by atoms with Crippen LogP contribution in [0.15, 0.2) is 29.4 Å². The number of fused-ring (bicyclic) bond motifs is 1. The number of methoxy groups -OCH3 is 1. The van der Waals surface area contributed by atoms with E-state index >= 15 is 0 Å². The molecule has 0 bridgehead atoms. The fourth-order valence-corrected chi connectivity index (χ4v) is 7.55. The number of thiazole rings is 1. The number of carbonyl (C=O) groups is 1. The summed E-state index contributed by atoms with van der Waals surface area (Å²) in [4.78, 5) is 30.8. The highest BCUT2D eigenvalue weighted by Crippen LogP contribution is 2.41. The van der Waals surface area contributed by atoms with Crippen molar-refractivity contribution in [1.82, 2.24) is 29.3 Å². The summed E-state index contributed by atoms with van der Waals surface area (Å²) in [6.45, 7) is 3.38. The highest BCUT2D eigenvalue weighted by Gasteiger charge is 2.39. The third-order valence-electron chi connectivity index (χ3n) is 8.08. The van der Waals surface area contributed by atoms with Crippen LogP contribution in [0, 0.1) is 17.1 Å². The van der Waals surface area contributed by atoms with Crippen LogP contribution in [-0.4, -0.2) is 119 Å². The minimum atomic E-state index is -0.395. The van der Waals surface area contributed by atoms with Crippen molar-refractivity contribution in [3.63, 3.8) is 0 Å². The molecule has 2 atom stereocenters. The van der Waals surface area contributed by atoms with Gasteiger partial charge in [-0.05, 0) is 49.5 Å². The number of carbonyl (C=O) groups excluding carboxylic acids is 1. The Morgan fingerprint density at radius 3 is 2.72 bits per heavy atom. The first-order chi connectivity index (χ1) is 20.7. The van der Waals surface area contributed by atoms with Gasteiger partial charge in [-0.3, -0.25) is 20.0 Å². The molecule has 15 heteroatoms. The molecule has 0 radical (unpaired) electrons. The molecule has 5 heterocycles. The molecule has 1 amide bonds. The summed E-state index contributed by atoms with van der Waals surface area (Å²) in [7, 11) is 5.55. The second-order valence-electron chi connectivity index (χ2n) is 11.0. The van der Waals surface area contributed by atoms with Crippen molar-refractivity contribution in [2.75, 3.05) is 70.9 Å². The summed E-state index contributed by atoms with van der Waals surface area (Å²) in [5.41, 5.74) is 5.63. The molecular formula is C28H34FN9O3S2. The van der Waals surface area contributed by atoms with Gasteiger partial charge in [-0.1, -0.05) is 11.3 Å². The summed E-state index contributed by atoms with van der Waals surface area (Å²) in [6, 6.07) is 8.47. The van der Waals surface area contributed by atoms with Gasteiger partial charge in [0, 0.05) is 58.4 Å². The van der Waals surface area contributed by atoms with E-state index in [0.717, 1.165) is 36.2 Å². The maximum absolute atomic E-state index is 13.5. The van der Waals surface area contributed by atoms with Crippen LogP contribution < -0.4 is 10.3 Å². The van der Waals surface area contributed by atoms with E-state index in [0.29, 0.717) is 53.9 Å². The number of hydrogen-bond acceptors (Lipinski definition) is 12. The molecule has 1 aromatic carbocycles. The molecule has 3 aliphatic rings. The van der Waals surface area contributed by atoms with Gasteiger partial charge in [0.05, 0.1) is 24.9 Å². The van der Waals surface area contributed by atoms with Gasteiger partial charge >= 0.3 is 0 Å². The summed E-state index contributed by atoms with van der Waals surface area (Å²) >= 11 is 2.92. The van der Waals surface area contributed by atoms with Crippen molar-refractivity contribution < 1.29 is 19.0 Å². The van der Waals surface area contributed by atoms with Gasteiger partial charge < -0.3 is 19.6 Å². The van der Waals surface area contributed by atoms with Crippen LogP contribution in [0.25, 0.3) is 11.3 Å². The second-order valence-corrected chi connectivity index (χ2v) is 13.0. The number of likely N-dealkylation sites (tertiary alicyclic amines) is 2. The number of thioether (sulfide) groups is 1. The Hall–Kier alpha value is -3.26. The molecule has 12 nitrogen and oxygen atoms in total. The van der Waals surface area contributed by atoms with Crippen molar-refractivity contribution in [1.29, 1.82) is 5.26 Å². The number of nitrogens with one attached hydrogen (secondary N) is 1. The lowest BCUT2D eigenvalue weighted by atomic mass is 10.1. The second kappa shape index (κ2) is 12.4. The van der Waals surface area contributed by atoms with E-state index in [1.54, 1.807) is 35.9 Å². The minimum Gasteiger partial charge on any atom is -0.389 e. The number of amides is 1. The number of benzene rings is 1. The van der Waals surface area contributed by atoms with Gasteiger partial charge in [0.15, 0.2) is 16.1 Å². The quantitative estimate of drug-likeness (QED) is 0.343. The molecule has 2 N–H and O–H groups in total. The lowest BCUT2D eigenvalue weighted by Gasteiger charge is -2.37. The summed E-state index contributed by atoms with van der Waals surface area (Å²) in [5, 5.41) is 20.8. The van der Waals surface area contributed by atoms with Crippen molar-refractivity contribution in [3.8, 4) is 17.3 Å². The summed E-state index contributed by atoms with van der Waals surface area (Å²) in [5.74, 6) is 0.531. The van der Waals surface area contributed by atoms with E-state index in [9.17, 15) is 19.6 Å². The van der Waals surface area contributed by atoms with Crippen LogP contribution in [0.2, 0.25) is 0 Å². The average Bonchev–Trinajstić information content (AvgIpc) is 3.76. The topological polar surface area (TPSA) is 126 Å². The fourth-order valence-electron chi connectivity index (χ4n) is 5.60. The molecule has 3 aromatic rings. The Labute approximate surface area is 257 Å². The average molecular weight is 628 g/mol. The number of imidazole rings is 1. The number of anilines is 2. The number of nitriles is 1. The van der Waals surface area contributed by atoms with E-state index in [1.165, 1.54) is 23.5 Å². The SMILES string of the molecule is COCCc1nc2n(c1N(C)c1nc(-c3ccc(F)cc3)c(C#N)s1)NC(N1CCC(N(C)CC(=O)N3CC(O)C3)C1)S2. The zero-order valence-corrected chi connectivity index (χ0v) is 25.9. The number of aliphatic hydroxyl groups is 1. The highest BCUT2D eigenvalue weighted by atomic mass is 32.2. The lowest BCUT2D eigenvalue weighted by molar-refractivity contribution is -0.142. The number of likely N-dealkylation sites (N-methyl/N-ethyl adjacent to an activating group) is 1. The van der Waals surface area contributed by atoms with Crippen molar-refractivity contribution in [3.05, 3.63) is 40.7 Å². The molecule has 2 saturated heterocycles. The first-order valence-electron chi connectivity index (χ1n) is 14.1. The van der Waals surface area contributed by atoms with E-state index in [1.807, 2.05) is 23.7 Å². The molecule has 2 fully saturated rings. The van der Waals surface area contributed by atoms with Crippen molar-refractivity contribution in [2.45, 2.75) is 35.6 Å². The molecule has 0 aliphatic carbocycles. The predicted octanol–water partition coefficient (Wildman–Crippen LogP) is 2.12. The first kappa shape index (κ1) is 29.8. The molecule has 43 heavy (non-hydrogen) atoms. The van der Waals surface area contributed by atoms with Gasteiger partial charge in [-0.25, -0.2) is 19.0 Å². The molecule has 3 aliphatic heterocycles. The Morgan fingerprint density at radius 2 is 2.02 bits per heavy atom. The van der Waals surface area contributed by atoms with Gasteiger partial charge in [-0.15, -0.1) is 0 Å². The predicted molar refractivity (Wildman–Crippen MR) is 162 cm³/mol. The standard InChI is InChI=1S/C28H34FN9O3S2/c1-34(16-23(40)37-14-20(39)15-37)19-8-10-36(13-19)28-33-38-25(21(9-11-41-3)31-27(38)43-28)35(2)26-32-24(22(12-30)42-26)17-4-6-18(29)7-5-17/h4-7,19-20,28,33,39H,8-11,13-16H2,1-3H3. The van der Waals surface area contributed by atoms with Crippen molar-refractivity contribution in [2.24, 2.45) is 0 Å². The molecular weight excluding hydrogens is 594 g/mol. The van der Waals surface area contributed by atoms with Gasteiger partial charge in [0.1, 0.15) is 28.0 Å². The Kier molecular flexibility index (Phi) is 8.58. The Balaban J connectivity index is 1.18. The van der Waals surface area contributed by atoms with Gasteiger partial charge in [-0.2, -0.15) is 5.26 Å². The van der Waals surface area contributed by atoms with Crippen LogP contribution in [0.3, 0.4) is 0 Å². The number of nitrogens with zero attached hydrogens (tertiary/aromatic N) is 8. The Morgan fingerprint density at radius 1 is 1.26 bits per heavy atom.